The molecule has 0 bridgehead atoms. The number of aliphatic hydroxyl groups excluding tert-OH is 1. The molecule has 1 N–H and O–H groups in total. The zero-order valence-corrected chi connectivity index (χ0v) is 13.0. The van der Waals surface area contributed by atoms with Gasteiger partial charge >= 0.3 is 0 Å². The summed E-state index contributed by atoms with van der Waals surface area (Å²) in [6, 6.07) is 4.06. The van der Waals surface area contributed by atoms with Crippen molar-refractivity contribution in [2.45, 2.75) is 33.0 Å². The Morgan fingerprint density at radius 1 is 1.48 bits per heavy atom. The predicted octanol–water partition coefficient (Wildman–Crippen LogP) is 3.41. The van der Waals surface area contributed by atoms with Crippen molar-refractivity contribution in [2.75, 3.05) is 0 Å². The average Bonchev–Trinajstić information content (AvgIpc) is 2.71. The van der Waals surface area contributed by atoms with Gasteiger partial charge in [-0.3, -0.25) is 4.68 Å². The normalized spacial score (nSPS) is 12.5. The molecule has 1 aromatic heterocycles. The summed E-state index contributed by atoms with van der Waals surface area (Å²) in [5.41, 5.74) is 2.05. The predicted molar refractivity (Wildman–Crippen MR) is 79.0 cm³/mol. The number of benzene rings is 1. The largest absolute Gasteiger partial charge is 0.487 e. The van der Waals surface area contributed by atoms with Crippen LogP contribution in [0.1, 0.15) is 36.9 Å². The van der Waals surface area contributed by atoms with E-state index in [9.17, 15) is 9.50 Å². The Balaban J connectivity index is 2.24. The third kappa shape index (κ3) is 3.36. The van der Waals surface area contributed by atoms with Crippen LogP contribution >= 0.6 is 11.6 Å². The first-order valence-corrected chi connectivity index (χ1v) is 7.12. The Labute approximate surface area is 128 Å². The topological polar surface area (TPSA) is 47.3 Å². The molecule has 114 valence electrons. The lowest BCUT2D eigenvalue weighted by molar-refractivity contribution is 0.189. The number of nitrogens with zero attached hydrogens (tertiary/aromatic N) is 2. The lowest BCUT2D eigenvalue weighted by Crippen LogP contribution is -2.06. The van der Waals surface area contributed by atoms with Crippen LogP contribution in [0.25, 0.3) is 0 Å². The van der Waals surface area contributed by atoms with Crippen molar-refractivity contribution >= 4 is 11.6 Å². The highest BCUT2D eigenvalue weighted by Crippen LogP contribution is 2.28. The van der Waals surface area contributed by atoms with Crippen LogP contribution in [0.3, 0.4) is 0 Å². The van der Waals surface area contributed by atoms with E-state index in [1.165, 1.54) is 18.2 Å². The van der Waals surface area contributed by atoms with Crippen molar-refractivity contribution in [3.05, 3.63) is 46.0 Å². The van der Waals surface area contributed by atoms with Crippen LogP contribution in [-0.2, 0) is 20.1 Å². The Bertz CT molecular complexity index is 641. The van der Waals surface area contributed by atoms with Gasteiger partial charge in [0.15, 0.2) is 0 Å². The molecule has 2 rings (SSSR count). The highest BCUT2D eigenvalue weighted by Gasteiger charge is 2.15. The molecule has 0 unspecified atom stereocenters. The third-order valence-electron chi connectivity index (χ3n) is 3.29. The molecule has 4 nitrogen and oxygen atoms in total. The van der Waals surface area contributed by atoms with Gasteiger partial charge in [0, 0.05) is 18.7 Å². The van der Waals surface area contributed by atoms with E-state index in [1.54, 1.807) is 18.7 Å². The number of aryl methyl sites for hydroxylation is 2. The molecule has 1 heterocycles. The first kappa shape index (κ1) is 15.8. The van der Waals surface area contributed by atoms with Crippen LogP contribution in [-0.4, -0.2) is 14.9 Å². The summed E-state index contributed by atoms with van der Waals surface area (Å²) < 4.78 is 20.6. The summed E-state index contributed by atoms with van der Waals surface area (Å²) in [4.78, 5) is 0. The first-order valence-electron chi connectivity index (χ1n) is 6.74. The van der Waals surface area contributed by atoms with E-state index in [2.05, 4.69) is 5.10 Å². The monoisotopic (exact) mass is 312 g/mol. The molecule has 0 amide bonds. The van der Waals surface area contributed by atoms with Gasteiger partial charge in [-0.1, -0.05) is 18.5 Å². The maximum Gasteiger partial charge on any atom is 0.131 e. The van der Waals surface area contributed by atoms with Crippen molar-refractivity contribution in [2.24, 2.45) is 7.05 Å². The Morgan fingerprint density at radius 3 is 2.76 bits per heavy atom. The van der Waals surface area contributed by atoms with Crippen LogP contribution in [0.15, 0.2) is 18.2 Å². The summed E-state index contributed by atoms with van der Waals surface area (Å²) in [6.45, 7) is 3.73. The molecule has 0 aliphatic carbocycles. The van der Waals surface area contributed by atoms with Crippen LogP contribution in [0.4, 0.5) is 4.39 Å². The number of aromatic nitrogens is 2. The highest BCUT2D eigenvalue weighted by molar-refractivity contribution is 6.31. The summed E-state index contributed by atoms with van der Waals surface area (Å²) in [5.74, 6) is -0.111. The van der Waals surface area contributed by atoms with E-state index in [-0.39, 0.29) is 6.61 Å². The Kier molecular flexibility index (Phi) is 4.85. The van der Waals surface area contributed by atoms with Crippen molar-refractivity contribution in [1.29, 1.82) is 0 Å². The summed E-state index contributed by atoms with van der Waals surface area (Å²) in [5, 5.41) is 14.6. The van der Waals surface area contributed by atoms with Crippen LogP contribution in [0, 0.1) is 5.82 Å². The van der Waals surface area contributed by atoms with Crippen LogP contribution in [0.5, 0.6) is 5.75 Å². The summed E-state index contributed by atoms with van der Waals surface area (Å²) >= 11 is 6.24. The van der Waals surface area contributed by atoms with Gasteiger partial charge in [0.05, 0.1) is 22.5 Å². The molecule has 2 aromatic rings. The number of hydrogen-bond donors (Lipinski definition) is 1. The average molecular weight is 313 g/mol. The maximum absolute atomic E-state index is 13.3. The molecule has 1 atom stereocenters. The molecule has 0 saturated heterocycles. The number of rotatable bonds is 5. The fourth-order valence-electron chi connectivity index (χ4n) is 2.10. The van der Waals surface area contributed by atoms with Gasteiger partial charge in [-0.05, 0) is 25.5 Å². The highest BCUT2D eigenvalue weighted by atomic mass is 35.5. The standard InChI is InChI=1S/C15H18ClFN2O2/c1-4-12-15(16)13(19(3)18-12)8-21-14-7-10(17)5-6-11(14)9(2)20/h5-7,9,20H,4,8H2,1-3H3/t9-/m1/s1. The molecule has 0 aliphatic heterocycles. The Hall–Kier alpha value is -1.59. The van der Waals surface area contributed by atoms with Gasteiger partial charge in [0.1, 0.15) is 18.2 Å². The van der Waals surface area contributed by atoms with E-state index in [0.717, 1.165) is 12.1 Å². The SMILES string of the molecule is CCc1nn(C)c(COc2cc(F)ccc2[C@@H](C)O)c1Cl. The zero-order chi connectivity index (χ0) is 15.6. The molecule has 0 spiro atoms. The van der Waals surface area contributed by atoms with Gasteiger partial charge < -0.3 is 9.84 Å². The van der Waals surface area contributed by atoms with Gasteiger partial charge in [-0.15, -0.1) is 0 Å². The zero-order valence-electron chi connectivity index (χ0n) is 12.2. The third-order valence-corrected chi connectivity index (χ3v) is 3.73. The molecule has 1 aromatic carbocycles. The molecule has 21 heavy (non-hydrogen) atoms. The lowest BCUT2D eigenvalue weighted by Gasteiger charge is -2.13. The Morgan fingerprint density at radius 2 is 2.19 bits per heavy atom. The quantitative estimate of drug-likeness (QED) is 0.920. The second-order valence-electron chi connectivity index (χ2n) is 4.83. The van der Waals surface area contributed by atoms with Crippen molar-refractivity contribution < 1.29 is 14.2 Å². The molecule has 0 saturated carbocycles. The van der Waals surface area contributed by atoms with Gasteiger partial charge in [-0.25, -0.2) is 4.39 Å². The molecule has 6 heteroatoms. The molecule has 0 radical (unpaired) electrons. The number of halogens is 2. The molecule has 0 aliphatic rings. The van der Waals surface area contributed by atoms with Gasteiger partial charge in [-0.2, -0.15) is 5.10 Å². The first-order chi connectivity index (χ1) is 9.93. The van der Waals surface area contributed by atoms with Gasteiger partial charge in [0.2, 0.25) is 0 Å². The van der Waals surface area contributed by atoms with E-state index < -0.39 is 11.9 Å². The summed E-state index contributed by atoms with van der Waals surface area (Å²) in [7, 11) is 1.78. The number of hydrogen-bond acceptors (Lipinski definition) is 3. The van der Waals surface area contributed by atoms with Crippen LogP contribution in [0.2, 0.25) is 5.02 Å². The second-order valence-corrected chi connectivity index (χ2v) is 5.21. The van der Waals surface area contributed by atoms with Crippen molar-refractivity contribution in [3.8, 4) is 5.75 Å². The van der Waals surface area contributed by atoms with E-state index in [1.807, 2.05) is 6.92 Å². The fraction of sp³-hybridized carbons (Fsp3) is 0.400. The fourth-order valence-corrected chi connectivity index (χ4v) is 2.45. The van der Waals surface area contributed by atoms with Gasteiger partial charge in [0.25, 0.3) is 0 Å². The van der Waals surface area contributed by atoms with E-state index in [0.29, 0.717) is 22.0 Å². The maximum atomic E-state index is 13.3. The van der Waals surface area contributed by atoms with E-state index in [4.69, 9.17) is 16.3 Å². The molecular weight excluding hydrogens is 295 g/mol. The summed E-state index contributed by atoms with van der Waals surface area (Å²) in [6.07, 6.45) is -0.0141. The minimum atomic E-state index is -0.742. The van der Waals surface area contributed by atoms with E-state index >= 15 is 0 Å². The van der Waals surface area contributed by atoms with Crippen molar-refractivity contribution in [1.82, 2.24) is 9.78 Å². The van der Waals surface area contributed by atoms with Crippen LogP contribution < -0.4 is 4.74 Å². The smallest absolute Gasteiger partial charge is 0.131 e. The lowest BCUT2D eigenvalue weighted by atomic mass is 10.1. The minimum absolute atomic E-state index is 0.158. The minimum Gasteiger partial charge on any atom is -0.487 e. The number of aliphatic hydroxyl groups is 1. The number of ether oxygens (including phenoxy) is 1. The molecular formula is C15H18ClFN2O2. The van der Waals surface area contributed by atoms with Crippen molar-refractivity contribution in [3.63, 3.8) is 0 Å². The molecule has 0 fully saturated rings. The second kappa shape index (κ2) is 6.45.